The average molecular weight is 415 g/mol. The molecule has 0 bridgehead atoms. The van der Waals surface area contributed by atoms with Gasteiger partial charge in [-0.1, -0.05) is 48.5 Å². The molecular formula is C25H26N4O2. The van der Waals surface area contributed by atoms with Gasteiger partial charge in [0.25, 0.3) is 5.91 Å². The van der Waals surface area contributed by atoms with Crippen molar-refractivity contribution in [2.45, 2.75) is 30.9 Å². The van der Waals surface area contributed by atoms with Crippen molar-refractivity contribution < 1.29 is 9.53 Å². The monoisotopic (exact) mass is 414 g/mol. The summed E-state index contributed by atoms with van der Waals surface area (Å²) in [7, 11) is 0. The number of nitrogen functional groups attached to an aromatic ring is 1. The number of ether oxygens (including phenoxy) is 1. The predicted molar refractivity (Wildman–Crippen MR) is 121 cm³/mol. The van der Waals surface area contributed by atoms with Gasteiger partial charge in [0, 0.05) is 48.6 Å². The van der Waals surface area contributed by atoms with Crippen LogP contribution in [0.15, 0.2) is 72.9 Å². The van der Waals surface area contributed by atoms with E-state index in [1.54, 1.807) is 12.3 Å². The number of aromatic nitrogens is 1. The minimum Gasteiger partial charge on any atom is -0.479 e. The largest absolute Gasteiger partial charge is 0.479 e. The molecule has 6 nitrogen and oxygen atoms in total. The van der Waals surface area contributed by atoms with Crippen molar-refractivity contribution in [3.63, 3.8) is 0 Å². The highest BCUT2D eigenvalue weighted by molar-refractivity contribution is 5.85. The third kappa shape index (κ3) is 3.58. The highest BCUT2D eigenvalue weighted by Gasteiger charge is 2.53. The second kappa shape index (κ2) is 7.95. The molecule has 5 rings (SSSR count). The van der Waals surface area contributed by atoms with Crippen molar-refractivity contribution >= 4 is 17.4 Å². The van der Waals surface area contributed by atoms with Gasteiger partial charge < -0.3 is 20.7 Å². The summed E-state index contributed by atoms with van der Waals surface area (Å²) in [6.45, 7) is 2.07. The summed E-state index contributed by atoms with van der Waals surface area (Å²) in [4.78, 5) is 20.0. The molecule has 1 amide bonds. The topological polar surface area (TPSA) is 80.5 Å². The molecule has 0 saturated carbocycles. The lowest BCUT2D eigenvalue weighted by Crippen LogP contribution is -2.54. The lowest BCUT2D eigenvalue weighted by Gasteiger charge is -2.42. The van der Waals surface area contributed by atoms with Gasteiger partial charge in [-0.25, -0.2) is 4.98 Å². The molecule has 2 aliphatic heterocycles. The molecule has 6 heteroatoms. The zero-order valence-electron chi connectivity index (χ0n) is 17.3. The third-order valence-electron chi connectivity index (χ3n) is 6.47. The van der Waals surface area contributed by atoms with E-state index in [-0.39, 0.29) is 11.3 Å². The van der Waals surface area contributed by atoms with Gasteiger partial charge in [0.1, 0.15) is 11.6 Å². The first-order chi connectivity index (χ1) is 15.2. The van der Waals surface area contributed by atoms with Crippen LogP contribution < -0.4 is 20.7 Å². The first-order valence-electron chi connectivity index (χ1n) is 10.7. The first-order valence-corrected chi connectivity index (χ1v) is 10.7. The van der Waals surface area contributed by atoms with Crippen molar-refractivity contribution in [2.24, 2.45) is 0 Å². The van der Waals surface area contributed by atoms with E-state index < -0.39 is 6.10 Å². The Labute approximate surface area is 182 Å². The molecular weight excluding hydrogens is 388 g/mol. The Bertz CT molecular complexity index is 1080. The molecule has 31 heavy (non-hydrogen) atoms. The molecule has 1 atom stereocenters. The van der Waals surface area contributed by atoms with Gasteiger partial charge in [-0.15, -0.1) is 0 Å². The number of nitrogens with one attached hydrogen (secondary N) is 1. The smallest absolute Gasteiger partial charge is 0.262 e. The van der Waals surface area contributed by atoms with Crippen LogP contribution in [0, 0.1) is 0 Å². The number of hydrogen-bond acceptors (Lipinski definition) is 5. The molecule has 1 fully saturated rings. The van der Waals surface area contributed by atoms with E-state index in [0.29, 0.717) is 12.2 Å². The van der Waals surface area contributed by atoms with Crippen LogP contribution in [-0.2, 0) is 16.8 Å². The van der Waals surface area contributed by atoms with Crippen LogP contribution in [0.1, 0.15) is 24.0 Å². The van der Waals surface area contributed by atoms with Gasteiger partial charge in [-0.05, 0) is 30.5 Å². The molecule has 158 valence electrons. The second-order valence-corrected chi connectivity index (χ2v) is 8.29. The molecule has 3 heterocycles. The lowest BCUT2D eigenvalue weighted by atomic mass is 9.69. The predicted octanol–water partition coefficient (Wildman–Crippen LogP) is 3.28. The maximum absolute atomic E-state index is 13.3. The van der Waals surface area contributed by atoms with Gasteiger partial charge in [-0.2, -0.15) is 0 Å². The number of amides is 1. The van der Waals surface area contributed by atoms with Crippen LogP contribution in [0.5, 0.6) is 5.75 Å². The van der Waals surface area contributed by atoms with Crippen molar-refractivity contribution in [2.75, 3.05) is 23.7 Å². The van der Waals surface area contributed by atoms with Crippen molar-refractivity contribution in [1.29, 1.82) is 0 Å². The number of carbonyl (C=O) groups excluding carboxylic acids is 1. The fourth-order valence-corrected chi connectivity index (χ4v) is 4.82. The Kier molecular flexibility index (Phi) is 4.98. The first kappa shape index (κ1) is 19.4. The summed E-state index contributed by atoms with van der Waals surface area (Å²) in [5, 5.41) is 3.09. The Balaban J connectivity index is 1.37. The van der Waals surface area contributed by atoms with Crippen LogP contribution in [0.25, 0.3) is 0 Å². The number of nitrogens with two attached hydrogens (primary N) is 1. The van der Waals surface area contributed by atoms with Gasteiger partial charge in [0.2, 0.25) is 0 Å². The van der Waals surface area contributed by atoms with Gasteiger partial charge in [-0.3, -0.25) is 4.79 Å². The summed E-state index contributed by atoms with van der Waals surface area (Å²) >= 11 is 0. The Morgan fingerprint density at radius 1 is 1.10 bits per heavy atom. The molecule has 3 N–H and O–H groups in total. The molecule has 1 spiro atoms. The summed E-state index contributed by atoms with van der Waals surface area (Å²) in [5.74, 6) is 1.64. The summed E-state index contributed by atoms with van der Waals surface area (Å²) in [5.41, 5.74) is 8.52. The number of hydrogen-bond donors (Lipinski definition) is 2. The number of pyridine rings is 1. The van der Waals surface area contributed by atoms with E-state index in [4.69, 9.17) is 10.5 Å². The number of carbonyl (C=O) groups is 1. The van der Waals surface area contributed by atoms with Crippen LogP contribution in [-0.4, -0.2) is 30.1 Å². The Morgan fingerprint density at radius 2 is 1.84 bits per heavy atom. The Morgan fingerprint density at radius 3 is 2.61 bits per heavy atom. The van der Waals surface area contributed by atoms with Crippen LogP contribution in [0.2, 0.25) is 0 Å². The fourth-order valence-electron chi connectivity index (χ4n) is 4.82. The van der Waals surface area contributed by atoms with E-state index in [0.717, 1.165) is 48.6 Å². The van der Waals surface area contributed by atoms with Crippen molar-refractivity contribution in [3.05, 3.63) is 84.1 Å². The molecule has 3 aromatic rings. The van der Waals surface area contributed by atoms with Crippen LogP contribution >= 0.6 is 0 Å². The maximum atomic E-state index is 13.3. The second-order valence-electron chi connectivity index (χ2n) is 8.29. The number of nitrogens with zero attached hydrogens (tertiary/aromatic N) is 2. The zero-order chi connectivity index (χ0) is 21.3. The standard InChI is InChI=1S/C25H26N4O2/c26-19-10-13-27-22(16-19)29-14-11-25(12-15-29)20-8-4-5-9-21(20)31-23(25)24(30)28-17-18-6-2-1-3-7-18/h1-10,13,16,23H,11-12,14-15,17H2,(H2,26,27)(H,28,30). The van der Waals surface area contributed by atoms with Crippen molar-refractivity contribution in [1.82, 2.24) is 10.3 Å². The van der Waals surface area contributed by atoms with E-state index in [2.05, 4.69) is 21.3 Å². The van der Waals surface area contributed by atoms with Crippen LogP contribution in [0.3, 0.4) is 0 Å². The number of fused-ring (bicyclic) bond motifs is 2. The third-order valence-corrected chi connectivity index (χ3v) is 6.47. The number of para-hydroxylation sites is 1. The van der Waals surface area contributed by atoms with Gasteiger partial charge in [0.05, 0.1) is 0 Å². The lowest BCUT2D eigenvalue weighted by molar-refractivity contribution is -0.130. The van der Waals surface area contributed by atoms with Crippen molar-refractivity contribution in [3.8, 4) is 5.75 Å². The molecule has 1 saturated heterocycles. The molecule has 2 aliphatic rings. The summed E-state index contributed by atoms with van der Waals surface area (Å²) < 4.78 is 6.24. The number of rotatable bonds is 4. The zero-order valence-corrected chi connectivity index (χ0v) is 17.3. The van der Waals surface area contributed by atoms with E-state index in [9.17, 15) is 4.79 Å². The number of benzene rings is 2. The molecule has 2 aromatic carbocycles. The minimum atomic E-state index is -0.537. The molecule has 0 aliphatic carbocycles. The number of anilines is 2. The SMILES string of the molecule is Nc1ccnc(N2CCC3(CC2)c2ccccc2OC3C(=O)NCc2ccccc2)c1. The average Bonchev–Trinajstić information content (AvgIpc) is 3.13. The maximum Gasteiger partial charge on any atom is 0.262 e. The summed E-state index contributed by atoms with van der Waals surface area (Å²) in [6, 6.07) is 21.7. The van der Waals surface area contributed by atoms with E-state index in [1.165, 1.54) is 0 Å². The van der Waals surface area contributed by atoms with Gasteiger partial charge >= 0.3 is 0 Å². The molecule has 0 radical (unpaired) electrons. The quantitative estimate of drug-likeness (QED) is 0.685. The van der Waals surface area contributed by atoms with E-state index >= 15 is 0 Å². The normalized spacial score (nSPS) is 19.0. The van der Waals surface area contributed by atoms with Crippen LogP contribution in [0.4, 0.5) is 11.5 Å². The van der Waals surface area contributed by atoms with Gasteiger partial charge in [0.15, 0.2) is 6.10 Å². The highest BCUT2D eigenvalue weighted by Crippen LogP contribution is 2.49. The molecule has 1 aromatic heterocycles. The highest BCUT2D eigenvalue weighted by atomic mass is 16.5. The fraction of sp³-hybridized carbons (Fsp3) is 0.280. The molecule has 1 unspecified atom stereocenters. The minimum absolute atomic E-state index is 0.0596. The van der Waals surface area contributed by atoms with E-state index in [1.807, 2.05) is 54.6 Å². The Hall–Kier alpha value is -3.54. The summed E-state index contributed by atoms with van der Waals surface area (Å²) in [6.07, 6.45) is 2.82. The number of piperidine rings is 1.